The summed E-state index contributed by atoms with van der Waals surface area (Å²) in [5, 5.41) is 8.38. The molecule has 2 aromatic rings. The number of nitrogens with zero attached hydrogens (tertiary/aromatic N) is 4. The normalized spacial score (nSPS) is 16.8. The average Bonchev–Trinajstić information content (AvgIpc) is 2.83. The Morgan fingerprint density at radius 2 is 2.00 bits per heavy atom. The molecule has 19 heavy (non-hydrogen) atoms. The smallest absolute Gasteiger partial charge is 0.261 e. The van der Waals surface area contributed by atoms with Crippen LogP contribution < -0.4 is 5.73 Å². The number of aromatic nitrogens is 4. The van der Waals surface area contributed by atoms with Gasteiger partial charge in [-0.15, -0.1) is 12.4 Å². The Morgan fingerprint density at radius 1 is 1.32 bits per heavy atom. The van der Waals surface area contributed by atoms with Gasteiger partial charge < -0.3 is 10.3 Å². The summed E-state index contributed by atoms with van der Waals surface area (Å²) in [6.07, 6.45) is 2.99. The predicted octanol–water partition coefficient (Wildman–Crippen LogP) is 1.85. The first kappa shape index (κ1) is 14.0. The van der Waals surface area contributed by atoms with Crippen LogP contribution in [-0.4, -0.2) is 19.9 Å². The Kier molecular flexibility index (Phi) is 3.40. The first-order chi connectivity index (χ1) is 8.51. The molecular weight excluding hydrogens is 266 g/mol. The number of halogens is 1. The summed E-state index contributed by atoms with van der Waals surface area (Å²) < 4.78 is 7.17. The summed E-state index contributed by atoms with van der Waals surface area (Å²) in [6, 6.07) is 0. The molecule has 1 aliphatic carbocycles. The van der Waals surface area contributed by atoms with Gasteiger partial charge in [0.2, 0.25) is 0 Å². The fourth-order valence-corrected chi connectivity index (χ4v) is 2.39. The fourth-order valence-electron chi connectivity index (χ4n) is 2.39. The molecule has 104 valence electrons. The van der Waals surface area contributed by atoms with Gasteiger partial charge in [-0.1, -0.05) is 5.16 Å². The first-order valence-electron chi connectivity index (χ1n) is 6.15. The van der Waals surface area contributed by atoms with Crippen molar-refractivity contribution < 1.29 is 4.52 Å². The van der Waals surface area contributed by atoms with Crippen molar-refractivity contribution >= 4 is 12.4 Å². The lowest BCUT2D eigenvalue weighted by Crippen LogP contribution is -2.44. The van der Waals surface area contributed by atoms with Crippen LogP contribution in [0.1, 0.15) is 36.5 Å². The lowest BCUT2D eigenvalue weighted by molar-refractivity contribution is 0.229. The molecule has 0 aromatic carbocycles. The van der Waals surface area contributed by atoms with E-state index in [4.69, 9.17) is 10.3 Å². The predicted molar refractivity (Wildman–Crippen MR) is 72.9 cm³/mol. The van der Waals surface area contributed by atoms with Crippen LogP contribution in [0.2, 0.25) is 0 Å². The largest absolute Gasteiger partial charge is 0.334 e. The maximum atomic E-state index is 6.19. The molecule has 0 saturated heterocycles. The van der Waals surface area contributed by atoms with Crippen LogP contribution in [-0.2, 0) is 12.6 Å². The minimum Gasteiger partial charge on any atom is -0.334 e. The quantitative estimate of drug-likeness (QED) is 0.909. The second-order valence-electron chi connectivity index (χ2n) is 5.10. The Labute approximate surface area is 117 Å². The van der Waals surface area contributed by atoms with Crippen LogP contribution in [0.4, 0.5) is 0 Å². The van der Waals surface area contributed by atoms with Crippen molar-refractivity contribution in [3.05, 3.63) is 17.2 Å². The number of rotatable bonds is 2. The maximum Gasteiger partial charge on any atom is 0.261 e. The van der Waals surface area contributed by atoms with E-state index >= 15 is 0 Å². The standard InChI is InChI=1S/C12H17N5O.ClH/c1-7-9(8(2)17(3)15-7)10-14-11(16-18-10)12(13)5-4-6-12;/h4-6,13H2,1-3H3;1H. The second-order valence-corrected chi connectivity index (χ2v) is 5.10. The lowest BCUT2D eigenvalue weighted by Gasteiger charge is -2.34. The SMILES string of the molecule is Cc1nn(C)c(C)c1-c1nc(C2(N)CCC2)no1.Cl. The van der Waals surface area contributed by atoms with Gasteiger partial charge in [-0.25, -0.2) is 0 Å². The van der Waals surface area contributed by atoms with Crippen LogP contribution in [0.15, 0.2) is 4.52 Å². The zero-order valence-corrected chi connectivity index (χ0v) is 12.1. The van der Waals surface area contributed by atoms with Gasteiger partial charge in [-0.05, 0) is 33.1 Å². The van der Waals surface area contributed by atoms with E-state index in [1.807, 2.05) is 25.6 Å². The number of nitrogens with two attached hydrogens (primary N) is 1. The Hall–Kier alpha value is -1.40. The van der Waals surface area contributed by atoms with Crippen LogP contribution in [0.5, 0.6) is 0 Å². The lowest BCUT2D eigenvalue weighted by atomic mass is 9.77. The first-order valence-corrected chi connectivity index (χ1v) is 6.15. The molecule has 0 unspecified atom stereocenters. The molecule has 0 amide bonds. The highest BCUT2D eigenvalue weighted by Gasteiger charge is 2.39. The monoisotopic (exact) mass is 283 g/mol. The molecule has 0 aliphatic heterocycles. The molecule has 3 rings (SSSR count). The van der Waals surface area contributed by atoms with Gasteiger partial charge in [0.05, 0.1) is 16.8 Å². The minimum absolute atomic E-state index is 0. The van der Waals surface area contributed by atoms with Crippen molar-refractivity contribution in [2.75, 3.05) is 0 Å². The van der Waals surface area contributed by atoms with Crippen molar-refractivity contribution in [3.63, 3.8) is 0 Å². The molecule has 0 atom stereocenters. The van der Waals surface area contributed by atoms with E-state index in [1.165, 1.54) is 0 Å². The van der Waals surface area contributed by atoms with Crippen molar-refractivity contribution in [2.24, 2.45) is 12.8 Å². The highest BCUT2D eigenvalue weighted by Crippen LogP contribution is 2.38. The van der Waals surface area contributed by atoms with Crippen LogP contribution in [0.25, 0.3) is 11.5 Å². The molecule has 0 bridgehead atoms. The fraction of sp³-hybridized carbons (Fsp3) is 0.583. The maximum absolute atomic E-state index is 6.19. The van der Waals surface area contributed by atoms with Crippen molar-refractivity contribution in [2.45, 2.75) is 38.6 Å². The summed E-state index contributed by atoms with van der Waals surface area (Å²) in [5.74, 6) is 1.14. The molecule has 2 aromatic heterocycles. The van der Waals surface area contributed by atoms with Gasteiger partial charge in [-0.3, -0.25) is 4.68 Å². The topological polar surface area (TPSA) is 82.8 Å². The van der Waals surface area contributed by atoms with E-state index in [1.54, 1.807) is 0 Å². The summed E-state index contributed by atoms with van der Waals surface area (Å²) in [7, 11) is 1.90. The van der Waals surface area contributed by atoms with E-state index in [0.29, 0.717) is 11.7 Å². The van der Waals surface area contributed by atoms with Gasteiger partial charge >= 0.3 is 0 Å². The van der Waals surface area contributed by atoms with Crippen LogP contribution in [0.3, 0.4) is 0 Å². The number of hydrogen-bond donors (Lipinski definition) is 1. The third-order valence-corrected chi connectivity index (χ3v) is 3.84. The Morgan fingerprint density at radius 3 is 2.47 bits per heavy atom. The van der Waals surface area contributed by atoms with Gasteiger partial charge in [0.1, 0.15) is 0 Å². The van der Waals surface area contributed by atoms with E-state index in [2.05, 4.69) is 15.2 Å². The summed E-state index contributed by atoms with van der Waals surface area (Å²) in [5.41, 5.74) is 8.63. The zero-order chi connectivity index (χ0) is 12.9. The zero-order valence-electron chi connectivity index (χ0n) is 11.3. The van der Waals surface area contributed by atoms with Crippen molar-refractivity contribution in [1.29, 1.82) is 0 Å². The van der Waals surface area contributed by atoms with Gasteiger partial charge in [0.15, 0.2) is 5.82 Å². The highest BCUT2D eigenvalue weighted by atomic mass is 35.5. The van der Waals surface area contributed by atoms with E-state index < -0.39 is 0 Å². The van der Waals surface area contributed by atoms with Crippen LogP contribution >= 0.6 is 12.4 Å². The molecule has 1 aliphatic rings. The van der Waals surface area contributed by atoms with Crippen molar-refractivity contribution in [3.8, 4) is 11.5 Å². The third kappa shape index (κ3) is 2.04. The number of aryl methyl sites for hydroxylation is 2. The minimum atomic E-state index is -0.383. The number of hydrogen-bond acceptors (Lipinski definition) is 5. The summed E-state index contributed by atoms with van der Waals surface area (Å²) in [4.78, 5) is 4.45. The molecule has 1 fully saturated rings. The molecule has 2 N–H and O–H groups in total. The molecule has 7 heteroatoms. The van der Waals surface area contributed by atoms with E-state index in [9.17, 15) is 0 Å². The second kappa shape index (κ2) is 4.61. The van der Waals surface area contributed by atoms with E-state index in [0.717, 1.165) is 36.2 Å². The van der Waals surface area contributed by atoms with Crippen LogP contribution in [0, 0.1) is 13.8 Å². The summed E-state index contributed by atoms with van der Waals surface area (Å²) >= 11 is 0. The average molecular weight is 284 g/mol. The molecule has 6 nitrogen and oxygen atoms in total. The molecule has 1 saturated carbocycles. The molecule has 0 spiro atoms. The van der Waals surface area contributed by atoms with Gasteiger partial charge in [0, 0.05) is 12.7 Å². The Balaban J connectivity index is 0.00000133. The molecule has 0 radical (unpaired) electrons. The van der Waals surface area contributed by atoms with E-state index in [-0.39, 0.29) is 17.9 Å². The highest BCUT2D eigenvalue weighted by molar-refractivity contribution is 5.85. The van der Waals surface area contributed by atoms with Crippen molar-refractivity contribution in [1.82, 2.24) is 19.9 Å². The molecular formula is C12H18ClN5O. The summed E-state index contributed by atoms with van der Waals surface area (Å²) in [6.45, 7) is 3.93. The van der Waals surface area contributed by atoms with Gasteiger partial charge in [0.25, 0.3) is 5.89 Å². The third-order valence-electron chi connectivity index (χ3n) is 3.84. The molecule has 2 heterocycles. The Bertz CT molecular complexity index is 599. The van der Waals surface area contributed by atoms with Gasteiger partial charge in [-0.2, -0.15) is 10.1 Å².